The predicted octanol–water partition coefficient (Wildman–Crippen LogP) is 1.24. The lowest BCUT2D eigenvalue weighted by Crippen LogP contribution is -2.38. The van der Waals surface area contributed by atoms with Crippen molar-refractivity contribution in [2.24, 2.45) is 0 Å². The number of methoxy groups -OCH3 is 1. The lowest BCUT2D eigenvalue weighted by atomic mass is 10.1. The number of carbonyl (C=O) groups excluding carboxylic acids is 2. The maximum atomic E-state index is 11.9. The molecule has 0 heterocycles. The number of halogens is 3. The summed E-state index contributed by atoms with van der Waals surface area (Å²) < 4.78 is 40.1. The van der Waals surface area contributed by atoms with Crippen LogP contribution in [0.5, 0.6) is 0 Å². The van der Waals surface area contributed by atoms with Gasteiger partial charge < -0.3 is 15.4 Å². The molecule has 21 heavy (non-hydrogen) atoms. The van der Waals surface area contributed by atoms with E-state index < -0.39 is 31.1 Å². The summed E-state index contributed by atoms with van der Waals surface area (Å²) in [5, 5.41) is 4.46. The molecule has 116 valence electrons. The summed E-state index contributed by atoms with van der Waals surface area (Å²) >= 11 is 0. The van der Waals surface area contributed by atoms with Gasteiger partial charge in [0.25, 0.3) is 0 Å². The minimum Gasteiger partial charge on any atom is -0.465 e. The highest BCUT2D eigenvalue weighted by atomic mass is 19.4. The minimum atomic E-state index is -4.34. The zero-order valence-electron chi connectivity index (χ0n) is 11.3. The van der Waals surface area contributed by atoms with Gasteiger partial charge in [-0.15, -0.1) is 0 Å². The number of carbonyl (C=O) groups is 2. The highest BCUT2D eigenvalue weighted by molar-refractivity contribution is 5.89. The van der Waals surface area contributed by atoms with Gasteiger partial charge in [0.05, 0.1) is 25.8 Å². The van der Waals surface area contributed by atoms with Crippen molar-refractivity contribution >= 4 is 11.9 Å². The van der Waals surface area contributed by atoms with Crippen molar-refractivity contribution in [2.75, 3.05) is 20.2 Å². The van der Waals surface area contributed by atoms with Gasteiger partial charge in [-0.25, -0.2) is 4.79 Å². The van der Waals surface area contributed by atoms with Crippen LogP contribution < -0.4 is 10.6 Å². The van der Waals surface area contributed by atoms with E-state index in [4.69, 9.17) is 0 Å². The van der Waals surface area contributed by atoms with Crippen molar-refractivity contribution in [2.45, 2.75) is 12.7 Å². The molecule has 0 radical (unpaired) electrons. The molecule has 8 heteroatoms. The fourth-order valence-electron chi connectivity index (χ4n) is 1.46. The Kier molecular flexibility index (Phi) is 6.16. The van der Waals surface area contributed by atoms with E-state index in [1.807, 2.05) is 5.32 Å². The minimum absolute atomic E-state index is 0.161. The van der Waals surface area contributed by atoms with Gasteiger partial charge in [0, 0.05) is 6.54 Å². The zero-order valence-corrected chi connectivity index (χ0v) is 11.3. The number of ether oxygens (including phenoxy) is 1. The van der Waals surface area contributed by atoms with Crippen LogP contribution in [0.4, 0.5) is 13.2 Å². The zero-order chi connectivity index (χ0) is 15.9. The molecule has 1 aromatic carbocycles. The van der Waals surface area contributed by atoms with Crippen molar-refractivity contribution in [1.82, 2.24) is 10.6 Å². The largest absolute Gasteiger partial charge is 0.465 e. The molecular weight excluding hydrogens is 289 g/mol. The summed E-state index contributed by atoms with van der Waals surface area (Å²) in [6, 6.07) is 6.32. The van der Waals surface area contributed by atoms with Crippen LogP contribution in [-0.4, -0.2) is 38.3 Å². The van der Waals surface area contributed by atoms with E-state index in [2.05, 4.69) is 10.1 Å². The molecule has 0 saturated heterocycles. The van der Waals surface area contributed by atoms with Crippen LogP contribution in [0.1, 0.15) is 15.9 Å². The third-order valence-electron chi connectivity index (χ3n) is 2.48. The molecule has 5 nitrogen and oxygen atoms in total. The first-order valence-corrected chi connectivity index (χ1v) is 6.03. The third kappa shape index (κ3) is 6.75. The van der Waals surface area contributed by atoms with Gasteiger partial charge in [0.2, 0.25) is 5.91 Å². The second-order valence-electron chi connectivity index (χ2n) is 4.18. The van der Waals surface area contributed by atoms with Crippen molar-refractivity contribution < 1.29 is 27.5 Å². The van der Waals surface area contributed by atoms with Crippen LogP contribution in [0.2, 0.25) is 0 Å². The van der Waals surface area contributed by atoms with Gasteiger partial charge in [0.15, 0.2) is 0 Å². The van der Waals surface area contributed by atoms with Gasteiger partial charge in [-0.3, -0.25) is 4.79 Å². The number of alkyl halides is 3. The van der Waals surface area contributed by atoms with E-state index in [1.54, 1.807) is 12.1 Å². The van der Waals surface area contributed by atoms with E-state index in [1.165, 1.54) is 19.2 Å². The second-order valence-corrected chi connectivity index (χ2v) is 4.18. The number of benzene rings is 1. The fourth-order valence-corrected chi connectivity index (χ4v) is 1.46. The molecule has 0 aliphatic heterocycles. The number of esters is 1. The third-order valence-corrected chi connectivity index (χ3v) is 2.48. The topological polar surface area (TPSA) is 67.4 Å². The highest BCUT2D eigenvalue weighted by Crippen LogP contribution is 2.11. The molecule has 1 aromatic rings. The number of nitrogens with one attached hydrogen (secondary N) is 2. The summed E-state index contributed by atoms with van der Waals surface area (Å²) in [6.07, 6.45) is -4.34. The molecule has 0 aliphatic carbocycles. The van der Waals surface area contributed by atoms with Crippen LogP contribution in [0.3, 0.4) is 0 Å². The van der Waals surface area contributed by atoms with Crippen LogP contribution >= 0.6 is 0 Å². The Morgan fingerprint density at radius 3 is 2.33 bits per heavy atom. The number of amides is 1. The monoisotopic (exact) mass is 304 g/mol. The SMILES string of the molecule is COC(=O)c1ccc(CNC(=O)CNCC(F)(F)F)cc1. The molecule has 1 rings (SSSR count). The molecule has 2 N–H and O–H groups in total. The average molecular weight is 304 g/mol. The van der Waals surface area contributed by atoms with Gasteiger partial charge in [-0.2, -0.15) is 13.2 Å². The molecule has 0 fully saturated rings. The fraction of sp³-hybridized carbons (Fsp3) is 0.385. The maximum absolute atomic E-state index is 11.9. The maximum Gasteiger partial charge on any atom is 0.401 e. The van der Waals surface area contributed by atoms with E-state index in [0.717, 1.165) is 0 Å². The molecule has 1 amide bonds. The van der Waals surface area contributed by atoms with Crippen LogP contribution in [0.15, 0.2) is 24.3 Å². The number of hydrogen-bond acceptors (Lipinski definition) is 4. The quantitative estimate of drug-likeness (QED) is 0.776. The summed E-state index contributed by atoms with van der Waals surface area (Å²) in [5.41, 5.74) is 1.09. The molecule has 0 atom stereocenters. The molecule has 0 unspecified atom stereocenters. The van der Waals surface area contributed by atoms with E-state index >= 15 is 0 Å². The number of hydrogen-bond donors (Lipinski definition) is 2. The molecule has 0 spiro atoms. The Labute approximate surface area is 119 Å². The molecule has 0 aliphatic rings. The Morgan fingerprint density at radius 1 is 1.19 bits per heavy atom. The van der Waals surface area contributed by atoms with Gasteiger partial charge >= 0.3 is 12.1 Å². The van der Waals surface area contributed by atoms with Crippen molar-refractivity contribution in [3.8, 4) is 0 Å². The Hall–Kier alpha value is -2.09. The Bertz CT molecular complexity index is 486. The molecule has 0 aromatic heterocycles. The van der Waals surface area contributed by atoms with Gasteiger partial charge in [-0.05, 0) is 17.7 Å². The highest BCUT2D eigenvalue weighted by Gasteiger charge is 2.26. The summed E-state index contributed by atoms with van der Waals surface area (Å²) in [7, 11) is 1.27. The first kappa shape index (κ1) is 17.0. The smallest absolute Gasteiger partial charge is 0.401 e. The lowest BCUT2D eigenvalue weighted by Gasteiger charge is -2.09. The van der Waals surface area contributed by atoms with E-state index in [0.29, 0.717) is 11.1 Å². The first-order chi connectivity index (χ1) is 9.81. The van der Waals surface area contributed by atoms with Crippen LogP contribution in [-0.2, 0) is 16.1 Å². The normalized spacial score (nSPS) is 11.0. The summed E-state index contributed by atoms with van der Waals surface area (Å²) in [5.74, 6) is -1.02. The summed E-state index contributed by atoms with van der Waals surface area (Å²) in [6.45, 7) is -1.47. The first-order valence-electron chi connectivity index (χ1n) is 6.03. The van der Waals surface area contributed by atoms with Crippen LogP contribution in [0.25, 0.3) is 0 Å². The standard InChI is InChI=1S/C13H15F3N2O3/c1-21-12(20)10-4-2-9(3-5-10)6-18-11(19)7-17-8-13(14,15)16/h2-5,17H,6-8H2,1H3,(H,18,19). The van der Waals surface area contributed by atoms with E-state index in [-0.39, 0.29) is 6.54 Å². The van der Waals surface area contributed by atoms with Crippen molar-refractivity contribution in [3.05, 3.63) is 35.4 Å². The molecular formula is C13H15F3N2O3. The summed E-state index contributed by atoms with van der Waals surface area (Å²) in [4.78, 5) is 22.5. The Morgan fingerprint density at radius 2 is 1.81 bits per heavy atom. The number of rotatable bonds is 6. The molecule has 0 saturated carbocycles. The van der Waals surface area contributed by atoms with E-state index in [9.17, 15) is 22.8 Å². The Balaban J connectivity index is 2.34. The second kappa shape index (κ2) is 7.63. The predicted molar refractivity (Wildman–Crippen MR) is 68.6 cm³/mol. The van der Waals surface area contributed by atoms with Gasteiger partial charge in [0.1, 0.15) is 0 Å². The average Bonchev–Trinajstić information content (AvgIpc) is 2.43. The lowest BCUT2D eigenvalue weighted by molar-refractivity contribution is -0.128. The molecule has 0 bridgehead atoms. The van der Waals surface area contributed by atoms with Crippen molar-refractivity contribution in [1.29, 1.82) is 0 Å². The van der Waals surface area contributed by atoms with Crippen LogP contribution in [0, 0.1) is 0 Å². The van der Waals surface area contributed by atoms with Gasteiger partial charge in [-0.1, -0.05) is 12.1 Å². The van der Waals surface area contributed by atoms with Crippen molar-refractivity contribution in [3.63, 3.8) is 0 Å².